The molecule has 0 aromatic rings. The lowest BCUT2D eigenvalue weighted by Gasteiger charge is -2.23. The fourth-order valence-corrected chi connectivity index (χ4v) is 2.28. The molecular weight excluding hydrogens is 361 g/mol. The van der Waals surface area contributed by atoms with Gasteiger partial charge in [0, 0.05) is 26.2 Å². The third-order valence-electron chi connectivity index (χ3n) is 3.72. The molecule has 0 aliphatic carbocycles. The van der Waals surface area contributed by atoms with E-state index in [0.29, 0.717) is 25.5 Å². The molecule has 112 valence electrons. The first-order valence-electron chi connectivity index (χ1n) is 6.59. The zero-order valence-corrected chi connectivity index (χ0v) is 13.6. The zero-order valence-electron chi connectivity index (χ0n) is 11.3. The highest BCUT2D eigenvalue weighted by Crippen LogP contribution is 2.25. The standard InChI is InChI=1S/C12H23N3O3.HI/c1-9-12(16,4-6-17-9)8-15-11(13)14-7-10-3-2-5-18-10;/h9-10,16H,2-8H2,1H3,(H3,13,14,15);1H. The Labute approximate surface area is 131 Å². The van der Waals surface area contributed by atoms with Crippen molar-refractivity contribution in [2.75, 3.05) is 26.3 Å². The smallest absolute Gasteiger partial charge is 0.188 e. The van der Waals surface area contributed by atoms with Crippen molar-refractivity contribution in [3.05, 3.63) is 0 Å². The fourth-order valence-electron chi connectivity index (χ4n) is 2.28. The lowest BCUT2D eigenvalue weighted by atomic mass is 9.97. The molecule has 0 saturated carbocycles. The van der Waals surface area contributed by atoms with Crippen LogP contribution in [0, 0.1) is 0 Å². The average Bonchev–Trinajstić information content (AvgIpc) is 2.96. The van der Waals surface area contributed by atoms with E-state index in [-0.39, 0.29) is 42.7 Å². The molecule has 0 spiro atoms. The van der Waals surface area contributed by atoms with Crippen molar-refractivity contribution in [2.45, 2.75) is 44.0 Å². The summed E-state index contributed by atoms with van der Waals surface area (Å²) in [6, 6.07) is 0. The zero-order chi connectivity index (χ0) is 13.0. The van der Waals surface area contributed by atoms with E-state index in [9.17, 15) is 5.11 Å². The molecule has 19 heavy (non-hydrogen) atoms. The Hall–Kier alpha value is -0.120. The van der Waals surface area contributed by atoms with E-state index in [1.807, 2.05) is 6.92 Å². The fraction of sp³-hybridized carbons (Fsp3) is 0.917. The minimum atomic E-state index is -0.879. The maximum Gasteiger partial charge on any atom is 0.188 e. The van der Waals surface area contributed by atoms with Crippen molar-refractivity contribution >= 4 is 29.9 Å². The number of aliphatic hydroxyl groups is 1. The van der Waals surface area contributed by atoms with E-state index in [0.717, 1.165) is 19.4 Å². The van der Waals surface area contributed by atoms with Gasteiger partial charge in [0.1, 0.15) is 5.60 Å². The van der Waals surface area contributed by atoms with E-state index < -0.39 is 5.60 Å². The molecule has 2 aliphatic rings. The van der Waals surface area contributed by atoms with Crippen LogP contribution < -0.4 is 11.1 Å². The first-order chi connectivity index (χ1) is 8.60. The van der Waals surface area contributed by atoms with Gasteiger partial charge in [-0.05, 0) is 19.8 Å². The molecule has 3 unspecified atom stereocenters. The van der Waals surface area contributed by atoms with Crippen molar-refractivity contribution in [1.29, 1.82) is 0 Å². The lowest BCUT2D eigenvalue weighted by molar-refractivity contribution is -0.0201. The molecule has 2 aliphatic heterocycles. The third-order valence-corrected chi connectivity index (χ3v) is 3.72. The number of aliphatic imine (C=N–C) groups is 1. The van der Waals surface area contributed by atoms with Crippen LogP contribution in [0.4, 0.5) is 0 Å². The Balaban J connectivity index is 0.00000180. The summed E-state index contributed by atoms with van der Waals surface area (Å²) in [6.45, 7) is 4.23. The summed E-state index contributed by atoms with van der Waals surface area (Å²) in [5, 5.41) is 13.3. The number of hydrogen-bond acceptors (Lipinski definition) is 4. The molecule has 4 N–H and O–H groups in total. The maximum atomic E-state index is 10.2. The number of guanidine groups is 1. The van der Waals surface area contributed by atoms with Crippen LogP contribution in [0.15, 0.2) is 4.99 Å². The first-order valence-corrected chi connectivity index (χ1v) is 6.59. The Kier molecular flexibility index (Phi) is 6.78. The Morgan fingerprint density at radius 2 is 2.26 bits per heavy atom. The van der Waals surface area contributed by atoms with Crippen molar-refractivity contribution in [3.63, 3.8) is 0 Å². The average molecular weight is 385 g/mol. The molecular formula is C12H24IN3O3. The van der Waals surface area contributed by atoms with Gasteiger partial charge >= 0.3 is 0 Å². The second-order valence-electron chi connectivity index (χ2n) is 5.08. The quantitative estimate of drug-likeness (QED) is 0.366. The number of rotatable bonds is 4. The lowest BCUT2D eigenvalue weighted by Crippen LogP contribution is -2.42. The van der Waals surface area contributed by atoms with Crippen LogP contribution >= 0.6 is 24.0 Å². The molecule has 2 saturated heterocycles. The van der Waals surface area contributed by atoms with Crippen LogP contribution in [0.3, 0.4) is 0 Å². The van der Waals surface area contributed by atoms with Gasteiger partial charge in [-0.2, -0.15) is 0 Å². The predicted molar refractivity (Wildman–Crippen MR) is 83.9 cm³/mol. The normalized spacial score (nSPS) is 35.2. The Morgan fingerprint density at radius 1 is 1.47 bits per heavy atom. The van der Waals surface area contributed by atoms with Gasteiger partial charge in [-0.15, -0.1) is 24.0 Å². The van der Waals surface area contributed by atoms with E-state index >= 15 is 0 Å². The minimum absolute atomic E-state index is 0. The summed E-state index contributed by atoms with van der Waals surface area (Å²) < 4.78 is 10.8. The monoisotopic (exact) mass is 385 g/mol. The van der Waals surface area contributed by atoms with Crippen LogP contribution in [0.1, 0.15) is 26.2 Å². The van der Waals surface area contributed by atoms with E-state index in [1.54, 1.807) is 0 Å². The molecule has 0 aromatic heterocycles. The SMILES string of the molecule is CC1OCCC1(O)CN=C(N)NCC1CCCO1.I. The van der Waals surface area contributed by atoms with Gasteiger partial charge in [0.2, 0.25) is 0 Å². The topological polar surface area (TPSA) is 89.1 Å². The number of nitrogens with two attached hydrogens (primary N) is 1. The van der Waals surface area contributed by atoms with Gasteiger partial charge in [-0.25, -0.2) is 0 Å². The number of halogens is 1. The molecule has 6 nitrogen and oxygen atoms in total. The number of nitrogens with one attached hydrogen (secondary N) is 1. The van der Waals surface area contributed by atoms with Gasteiger partial charge in [-0.1, -0.05) is 0 Å². The Morgan fingerprint density at radius 3 is 2.84 bits per heavy atom. The summed E-state index contributed by atoms with van der Waals surface area (Å²) in [5.41, 5.74) is 4.89. The molecule has 7 heteroatoms. The minimum Gasteiger partial charge on any atom is -0.385 e. The van der Waals surface area contributed by atoms with E-state index in [1.165, 1.54) is 0 Å². The van der Waals surface area contributed by atoms with Gasteiger partial charge in [-0.3, -0.25) is 4.99 Å². The number of hydrogen-bond donors (Lipinski definition) is 3. The van der Waals surface area contributed by atoms with Gasteiger partial charge in [0.15, 0.2) is 5.96 Å². The van der Waals surface area contributed by atoms with Crippen molar-refractivity contribution in [1.82, 2.24) is 5.32 Å². The molecule has 2 fully saturated rings. The van der Waals surface area contributed by atoms with Crippen LogP contribution in [0.25, 0.3) is 0 Å². The van der Waals surface area contributed by atoms with Gasteiger partial charge in [0.25, 0.3) is 0 Å². The third kappa shape index (κ3) is 4.73. The second kappa shape index (κ2) is 7.61. The molecule has 0 amide bonds. The highest BCUT2D eigenvalue weighted by Gasteiger charge is 2.39. The molecule has 2 rings (SSSR count). The first kappa shape index (κ1) is 16.9. The van der Waals surface area contributed by atoms with Crippen LogP contribution in [0.2, 0.25) is 0 Å². The summed E-state index contributed by atoms with van der Waals surface area (Å²) >= 11 is 0. The molecule has 3 atom stereocenters. The molecule has 0 aromatic carbocycles. The van der Waals surface area contributed by atoms with Crippen LogP contribution in [-0.2, 0) is 9.47 Å². The summed E-state index contributed by atoms with van der Waals surface area (Å²) in [5.74, 6) is 0.359. The maximum absolute atomic E-state index is 10.2. The Bertz CT molecular complexity index is 311. The van der Waals surface area contributed by atoms with E-state index in [2.05, 4.69) is 10.3 Å². The van der Waals surface area contributed by atoms with Gasteiger partial charge < -0.3 is 25.6 Å². The summed E-state index contributed by atoms with van der Waals surface area (Å²) in [7, 11) is 0. The number of nitrogens with zero attached hydrogens (tertiary/aromatic N) is 1. The predicted octanol–water partition coefficient (Wildman–Crippen LogP) is 0.228. The molecule has 0 radical (unpaired) electrons. The van der Waals surface area contributed by atoms with Crippen LogP contribution in [0.5, 0.6) is 0 Å². The van der Waals surface area contributed by atoms with Crippen molar-refractivity contribution < 1.29 is 14.6 Å². The van der Waals surface area contributed by atoms with Gasteiger partial charge in [0.05, 0.1) is 18.8 Å². The number of ether oxygens (including phenoxy) is 2. The van der Waals surface area contributed by atoms with Crippen LogP contribution in [-0.4, -0.2) is 55.2 Å². The second-order valence-corrected chi connectivity index (χ2v) is 5.08. The largest absolute Gasteiger partial charge is 0.385 e. The molecule has 0 bridgehead atoms. The van der Waals surface area contributed by atoms with E-state index in [4.69, 9.17) is 15.2 Å². The van der Waals surface area contributed by atoms with Crippen molar-refractivity contribution in [2.24, 2.45) is 10.7 Å². The highest BCUT2D eigenvalue weighted by atomic mass is 127. The summed E-state index contributed by atoms with van der Waals surface area (Å²) in [4.78, 5) is 4.19. The summed E-state index contributed by atoms with van der Waals surface area (Å²) in [6.07, 6.45) is 2.83. The highest BCUT2D eigenvalue weighted by molar-refractivity contribution is 14.0. The molecule has 2 heterocycles. The van der Waals surface area contributed by atoms with Crippen molar-refractivity contribution in [3.8, 4) is 0 Å².